The van der Waals surface area contributed by atoms with Crippen LogP contribution in [0.1, 0.15) is 52.3 Å². The predicted octanol–water partition coefficient (Wildman–Crippen LogP) is 6.07. The summed E-state index contributed by atoms with van der Waals surface area (Å²) in [5.74, 6) is 0.545. The number of methoxy groups -OCH3 is 1. The summed E-state index contributed by atoms with van der Waals surface area (Å²) in [6.45, 7) is 4.60. The quantitative estimate of drug-likeness (QED) is 0.415. The van der Waals surface area contributed by atoms with E-state index in [1.165, 1.54) is 0 Å². The van der Waals surface area contributed by atoms with Crippen molar-refractivity contribution in [3.8, 4) is 11.4 Å². The molecule has 3 aromatic rings. The lowest BCUT2D eigenvalue weighted by Crippen LogP contribution is -2.34. The molecule has 0 saturated heterocycles. The Hall–Kier alpha value is -2.70. The molecule has 0 aliphatic carbocycles. The molecule has 0 radical (unpaired) electrons. The molecule has 1 amide bonds. The largest absolute Gasteiger partial charge is 0.496 e. The number of carbonyl (C=O) groups excluding carboxylic acids is 1. The van der Waals surface area contributed by atoms with Gasteiger partial charge >= 0.3 is 0 Å². The number of fused-ring (bicyclic) bond motifs is 3. The summed E-state index contributed by atoms with van der Waals surface area (Å²) in [6.07, 6.45) is 2.36. The van der Waals surface area contributed by atoms with E-state index < -0.39 is 0 Å². The number of thioether (sulfide) groups is 1. The van der Waals surface area contributed by atoms with Crippen molar-refractivity contribution in [2.24, 2.45) is 0 Å². The fraction of sp³-hybridized carbons (Fsp3) is 0.333. The summed E-state index contributed by atoms with van der Waals surface area (Å²) >= 11 is 8.06. The topological polar surface area (TPSA) is 51.5 Å². The van der Waals surface area contributed by atoms with Gasteiger partial charge in [0.05, 0.1) is 12.8 Å². The molecule has 1 atom stereocenters. The van der Waals surface area contributed by atoms with Crippen LogP contribution in [-0.4, -0.2) is 36.1 Å². The Kier molecular flexibility index (Phi) is 7.39. The van der Waals surface area contributed by atoms with Gasteiger partial charge in [0.1, 0.15) is 11.3 Å². The number of rotatable bonds is 6. The van der Waals surface area contributed by atoms with Gasteiger partial charge in [0.2, 0.25) is 0 Å². The van der Waals surface area contributed by atoms with Gasteiger partial charge in [-0.05, 0) is 37.6 Å². The summed E-state index contributed by atoms with van der Waals surface area (Å²) in [5, 5.41) is 0.568. The Labute approximate surface area is 209 Å². The minimum Gasteiger partial charge on any atom is -0.496 e. The zero-order valence-corrected chi connectivity index (χ0v) is 21.5. The first kappa shape index (κ1) is 24.4. The van der Waals surface area contributed by atoms with Crippen molar-refractivity contribution in [3.63, 3.8) is 0 Å². The molecule has 0 saturated carbocycles. The van der Waals surface area contributed by atoms with Crippen molar-refractivity contribution in [1.82, 2.24) is 9.47 Å². The van der Waals surface area contributed by atoms with Crippen LogP contribution in [-0.2, 0) is 6.42 Å². The van der Waals surface area contributed by atoms with Gasteiger partial charge in [-0.15, -0.1) is 11.8 Å². The second-order valence-corrected chi connectivity index (χ2v) is 10.2. The number of para-hydroxylation sites is 1. The van der Waals surface area contributed by atoms with Crippen molar-refractivity contribution in [2.75, 3.05) is 20.7 Å². The SMILES string of the molecule is CCCCN(C)C(=O)c1c2n(c(C)cc1=O)-c1ccc(Cl)cc1SC(c1ccccc1OC)C2. The number of aromatic nitrogens is 1. The third-order valence-electron chi connectivity index (χ3n) is 6.20. The van der Waals surface area contributed by atoms with Crippen molar-refractivity contribution < 1.29 is 9.53 Å². The van der Waals surface area contributed by atoms with Crippen LogP contribution < -0.4 is 10.2 Å². The summed E-state index contributed by atoms with van der Waals surface area (Å²) in [6, 6.07) is 15.2. The van der Waals surface area contributed by atoms with Crippen LogP contribution in [0.5, 0.6) is 5.75 Å². The van der Waals surface area contributed by atoms with Crippen LogP contribution in [0.3, 0.4) is 0 Å². The van der Waals surface area contributed by atoms with E-state index in [-0.39, 0.29) is 22.1 Å². The first-order valence-corrected chi connectivity index (χ1v) is 12.7. The van der Waals surface area contributed by atoms with Gasteiger partial charge in [-0.1, -0.05) is 43.1 Å². The lowest BCUT2D eigenvalue weighted by atomic mass is 10.0. The minimum absolute atomic E-state index is 0.0733. The molecule has 0 fully saturated rings. The Morgan fingerprint density at radius 2 is 2.00 bits per heavy atom. The molecule has 7 heteroatoms. The van der Waals surface area contributed by atoms with E-state index in [1.54, 1.807) is 36.9 Å². The van der Waals surface area contributed by atoms with Crippen LogP contribution >= 0.6 is 23.4 Å². The summed E-state index contributed by atoms with van der Waals surface area (Å²) in [5.41, 5.74) is 3.46. The van der Waals surface area contributed by atoms with Crippen LogP contribution in [0.4, 0.5) is 0 Å². The van der Waals surface area contributed by atoms with Crippen LogP contribution in [0, 0.1) is 6.92 Å². The number of unbranched alkanes of at least 4 members (excludes halogenated alkanes) is 1. The van der Waals surface area contributed by atoms with E-state index in [1.807, 2.05) is 49.4 Å². The maximum absolute atomic E-state index is 13.6. The van der Waals surface area contributed by atoms with Crippen molar-refractivity contribution in [3.05, 3.63) is 86.3 Å². The van der Waals surface area contributed by atoms with Gasteiger partial charge in [-0.2, -0.15) is 0 Å². The van der Waals surface area contributed by atoms with Crippen molar-refractivity contribution in [1.29, 1.82) is 0 Å². The van der Waals surface area contributed by atoms with Gasteiger partial charge < -0.3 is 14.2 Å². The van der Waals surface area contributed by atoms with E-state index in [0.29, 0.717) is 18.0 Å². The molecule has 2 aromatic carbocycles. The molecular formula is C27H29ClN2O3S. The van der Waals surface area contributed by atoms with Gasteiger partial charge in [-0.25, -0.2) is 0 Å². The maximum atomic E-state index is 13.6. The normalized spacial score (nSPS) is 14.7. The van der Waals surface area contributed by atoms with Crippen molar-refractivity contribution in [2.45, 2.75) is 43.3 Å². The summed E-state index contributed by atoms with van der Waals surface area (Å²) < 4.78 is 7.72. The van der Waals surface area contributed by atoms with E-state index in [9.17, 15) is 9.59 Å². The Balaban J connectivity index is 1.97. The Bertz CT molecular complexity index is 1290. The number of hydrogen-bond donors (Lipinski definition) is 0. The van der Waals surface area contributed by atoms with E-state index in [0.717, 1.165) is 46.1 Å². The molecule has 4 rings (SSSR count). The zero-order chi connectivity index (χ0) is 24.4. The first-order chi connectivity index (χ1) is 16.3. The third-order valence-corrected chi connectivity index (χ3v) is 7.72. The van der Waals surface area contributed by atoms with Crippen molar-refractivity contribution >= 4 is 29.3 Å². The Morgan fingerprint density at radius 1 is 1.24 bits per heavy atom. The average molecular weight is 497 g/mol. The second-order valence-electron chi connectivity index (χ2n) is 8.55. The number of amides is 1. The van der Waals surface area contributed by atoms with E-state index >= 15 is 0 Å². The molecule has 1 aromatic heterocycles. The third kappa shape index (κ3) is 4.62. The van der Waals surface area contributed by atoms with E-state index in [2.05, 4.69) is 11.5 Å². The number of aryl methyl sites for hydroxylation is 1. The molecule has 1 aliphatic rings. The molecule has 178 valence electrons. The molecular weight excluding hydrogens is 468 g/mol. The molecule has 0 bridgehead atoms. The molecule has 1 unspecified atom stereocenters. The minimum atomic E-state index is -0.238. The number of halogens is 1. The van der Waals surface area contributed by atoms with Gasteiger partial charge in [0.15, 0.2) is 5.43 Å². The fourth-order valence-electron chi connectivity index (χ4n) is 4.48. The zero-order valence-electron chi connectivity index (χ0n) is 19.9. The molecule has 2 heterocycles. The second kappa shape index (κ2) is 10.3. The molecule has 34 heavy (non-hydrogen) atoms. The monoisotopic (exact) mass is 496 g/mol. The Morgan fingerprint density at radius 3 is 2.74 bits per heavy atom. The molecule has 5 nitrogen and oxygen atoms in total. The highest BCUT2D eigenvalue weighted by molar-refractivity contribution is 7.99. The summed E-state index contributed by atoms with van der Waals surface area (Å²) in [7, 11) is 3.43. The fourth-order valence-corrected chi connectivity index (χ4v) is 6.06. The highest BCUT2D eigenvalue weighted by atomic mass is 35.5. The van der Waals surface area contributed by atoms with Gasteiger partial charge in [-0.3, -0.25) is 9.59 Å². The smallest absolute Gasteiger partial charge is 0.259 e. The lowest BCUT2D eigenvalue weighted by molar-refractivity contribution is 0.0790. The van der Waals surface area contributed by atoms with Gasteiger partial charge in [0, 0.05) is 58.2 Å². The van der Waals surface area contributed by atoms with Crippen LogP contribution in [0.25, 0.3) is 5.69 Å². The lowest BCUT2D eigenvalue weighted by Gasteiger charge is -2.23. The number of nitrogens with zero attached hydrogens (tertiary/aromatic N) is 2. The number of benzene rings is 2. The predicted molar refractivity (Wildman–Crippen MR) is 139 cm³/mol. The summed E-state index contributed by atoms with van der Waals surface area (Å²) in [4.78, 5) is 29.5. The standard InChI is InChI=1S/C27H29ClN2O3S/c1-5-6-13-29(3)27(32)26-21-16-24(19-9-7-8-10-23(19)33-4)34-25-15-18(28)11-12-20(25)30(21)17(2)14-22(26)31/h7-12,14-15,24H,5-6,13,16H2,1-4H3. The number of carbonyl (C=O) groups is 1. The highest BCUT2D eigenvalue weighted by Gasteiger charge is 2.31. The number of hydrogen-bond acceptors (Lipinski definition) is 4. The molecule has 1 aliphatic heterocycles. The highest BCUT2D eigenvalue weighted by Crippen LogP contribution is 2.47. The number of pyridine rings is 1. The van der Waals surface area contributed by atoms with Gasteiger partial charge in [0.25, 0.3) is 5.91 Å². The first-order valence-electron chi connectivity index (χ1n) is 11.5. The van der Waals surface area contributed by atoms with Crippen LogP contribution in [0.2, 0.25) is 5.02 Å². The number of ether oxygens (including phenoxy) is 1. The molecule has 0 spiro atoms. The molecule has 0 N–H and O–H groups in total. The van der Waals surface area contributed by atoms with E-state index in [4.69, 9.17) is 16.3 Å². The maximum Gasteiger partial charge on any atom is 0.259 e. The average Bonchev–Trinajstić information content (AvgIpc) is 2.99. The van der Waals surface area contributed by atoms with Crippen LogP contribution in [0.15, 0.2) is 58.2 Å².